The van der Waals surface area contributed by atoms with Crippen LogP contribution < -0.4 is 15.9 Å². The fourth-order valence-corrected chi connectivity index (χ4v) is 6.16. The lowest BCUT2D eigenvalue weighted by molar-refractivity contribution is -0.149. The Labute approximate surface area is 230 Å². The summed E-state index contributed by atoms with van der Waals surface area (Å²) in [5.74, 6) is -0.848. The minimum atomic E-state index is -3.69. The SMILES string of the molecule is CCCCCCOC(=O)C(C)(C)NP(=O)(CO[C@H](C)Cn1cnc2c(N)ncnc21)N[C@H](C)C(=O)OC(C)C. The highest BCUT2D eigenvalue weighted by Gasteiger charge is 2.39. The number of fused-ring (bicyclic) bond motifs is 1. The highest BCUT2D eigenvalue weighted by molar-refractivity contribution is 7.59. The lowest BCUT2D eigenvalue weighted by atomic mass is 10.1. The van der Waals surface area contributed by atoms with Crippen molar-refractivity contribution in [3.63, 3.8) is 0 Å². The number of carbonyl (C=O) groups is 2. The summed E-state index contributed by atoms with van der Waals surface area (Å²) in [6.07, 6.45) is 5.69. The molecule has 39 heavy (non-hydrogen) atoms. The molecule has 4 N–H and O–H groups in total. The van der Waals surface area contributed by atoms with Gasteiger partial charge in [0.25, 0.3) is 0 Å². The Morgan fingerprint density at radius 3 is 2.51 bits per heavy atom. The normalized spacial score (nSPS) is 15.2. The standard InChI is InChI=1S/C25H44N7O6P/c1-8-9-10-11-12-36-24(34)25(6,7)31-39(35,30-19(5)23(33)38-17(2)3)16-37-18(4)13-32-15-29-20-21(26)27-14-28-22(20)32/h14-15,17-19H,8-13,16H2,1-7H3,(H2,26,27,28)(H2,30,31,35)/t18-,19-,39?/m1/s1. The van der Waals surface area contributed by atoms with E-state index >= 15 is 0 Å². The molecule has 220 valence electrons. The summed E-state index contributed by atoms with van der Waals surface area (Å²) in [6.45, 7) is 12.7. The molecule has 2 aromatic heterocycles. The molecule has 0 bridgehead atoms. The first-order valence-electron chi connectivity index (χ1n) is 13.3. The Bertz CT molecular complexity index is 1140. The Morgan fingerprint density at radius 2 is 1.85 bits per heavy atom. The summed E-state index contributed by atoms with van der Waals surface area (Å²) < 4.78 is 32.5. The first kappa shape index (κ1) is 32.6. The molecule has 0 aliphatic heterocycles. The molecular formula is C25H44N7O6P. The summed E-state index contributed by atoms with van der Waals surface area (Å²) in [7, 11) is -3.69. The van der Waals surface area contributed by atoms with E-state index < -0.39 is 37.1 Å². The first-order valence-corrected chi connectivity index (χ1v) is 15.2. The van der Waals surface area contributed by atoms with Crippen molar-refractivity contribution in [2.24, 2.45) is 0 Å². The van der Waals surface area contributed by atoms with Crippen molar-refractivity contribution in [2.75, 3.05) is 18.7 Å². The van der Waals surface area contributed by atoms with Crippen molar-refractivity contribution < 1.29 is 28.4 Å². The van der Waals surface area contributed by atoms with Gasteiger partial charge in [0, 0.05) is 0 Å². The van der Waals surface area contributed by atoms with Crippen LogP contribution in [-0.2, 0) is 34.9 Å². The van der Waals surface area contributed by atoms with Gasteiger partial charge in [0.15, 0.2) is 11.5 Å². The van der Waals surface area contributed by atoms with Gasteiger partial charge in [-0.25, -0.2) is 25.1 Å². The van der Waals surface area contributed by atoms with E-state index in [-0.39, 0.29) is 24.9 Å². The molecule has 14 heteroatoms. The monoisotopic (exact) mass is 569 g/mol. The largest absolute Gasteiger partial charge is 0.464 e. The Kier molecular flexibility index (Phi) is 12.3. The van der Waals surface area contributed by atoms with Gasteiger partial charge < -0.3 is 24.5 Å². The topological polar surface area (TPSA) is 173 Å². The zero-order valence-corrected chi connectivity index (χ0v) is 25.0. The number of imidazole rings is 1. The van der Waals surface area contributed by atoms with Crippen LogP contribution in [-0.4, -0.2) is 68.2 Å². The van der Waals surface area contributed by atoms with E-state index in [4.69, 9.17) is 19.9 Å². The second kappa shape index (κ2) is 14.7. The molecule has 0 aliphatic carbocycles. The second-order valence-electron chi connectivity index (χ2n) is 10.4. The highest BCUT2D eigenvalue weighted by atomic mass is 31.2. The molecule has 0 saturated carbocycles. The Hall–Kier alpha value is -2.60. The van der Waals surface area contributed by atoms with Crippen LogP contribution in [0.5, 0.6) is 0 Å². The van der Waals surface area contributed by atoms with E-state index in [1.165, 1.54) is 6.33 Å². The van der Waals surface area contributed by atoms with Crippen LogP contribution in [0.1, 0.15) is 74.1 Å². The van der Waals surface area contributed by atoms with Gasteiger partial charge in [0.2, 0.25) is 7.44 Å². The summed E-state index contributed by atoms with van der Waals surface area (Å²) in [6, 6.07) is -0.928. The predicted molar refractivity (Wildman–Crippen MR) is 149 cm³/mol. The predicted octanol–water partition coefficient (Wildman–Crippen LogP) is 3.39. The smallest absolute Gasteiger partial charge is 0.326 e. The van der Waals surface area contributed by atoms with Gasteiger partial charge in [0.1, 0.15) is 29.8 Å². The van der Waals surface area contributed by atoms with Crippen LogP contribution in [0, 0.1) is 0 Å². The minimum absolute atomic E-state index is 0.270. The fraction of sp³-hybridized carbons (Fsp3) is 0.720. The molecule has 3 atom stereocenters. The van der Waals surface area contributed by atoms with Crippen molar-refractivity contribution >= 4 is 36.4 Å². The van der Waals surface area contributed by atoms with Gasteiger partial charge in [0.05, 0.1) is 31.7 Å². The van der Waals surface area contributed by atoms with E-state index in [1.54, 1.807) is 52.4 Å². The number of esters is 2. The van der Waals surface area contributed by atoms with Gasteiger partial charge in [-0.1, -0.05) is 26.2 Å². The highest BCUT2D eigenvalue weighted by Crippen LogP contribution is 2.40. The van der Waals surface area contributed by atoms with Gasteiger partial charge in [-0.05, 0) is 48.0 Å². The maximum atomic E-state index is 14.1. The summed E-state index contributed by atoms with van der Waals surface area (Å²) in [5.41, 5.74) is 5.57. The molecule has 1 unspecified atom stereocenters. The van der Waals surface area contributed by atoms with E-state index in [0.717, 1.165) is 25.7 Å². The number of unbranched alkanes of at least 4 members (excludes halogenated alkanes) is 3. The molecule has 0 radical (unpaired) electrons. The van der Waals surface area contributed by atoms with Gasteiger partial charge in [-0.15, -0.1) is 0 Å². The van der Waals surface area contributed by atoms with Crippen LogP contribution in [0.2, 0.25) is 0 Å². The molecular weight excluding hydrogens is 525 g/mol. The van der Waals surface area contributed by atoms with Gasteiger partial charge in [-0.2, -0.15) is 0 Å². The van der Waals surface area contributed by atoms with Crippen LogP contribution in [0.3, 0.4) is 0 Å². The maximum Gasteiger partial charge on any atom is 0.326 e. The molecule has 2 rings (SSSR count). The molecule has 0 aliphatic rings. The molecule has 0 amide bonds. The first-order chi connectivity index (χ1) is 18.3. The van der Waals surface area contributed by atoms with Crippen LogP contribution >= 0.6 is 7.44 Å². The maximum absolute atomic E-state index is 14.1. The van der Waals surface area contributed by atoms with E-state index in [1.807, 2.05) is 0 Å². The third-order valence-electron chi connectivity index (χ3n) is 5.73. The second-order valence-corrected chi connectivity index (χ2v) is 12.7. The van der Waals surface area contributed by atoms with E-state index in [2.05, 4.69) is 32.1 Å². The molecule has 0 aromatic carbocycles. The number of nitrogens with two attached hydrogens (primary N) is 1. The summed E-state index contributed by atoms with van der Waals surface area (Å²) in [5, 5.41) is 5.72. The molecule has 0 spiro atoms. The van der Waals surface area contributed by atoms with Crippen LogP contribution in [0.25, 0.3) is 11.2 Å². The molecule has 2 aromatic rings. The number of hydrogen-bond donors (Lipinski definition) is 3. The number of nitrogen functional groups attached to an aromatic ring is 1. The average molecular weight is 570 g/mol. The molecule has 2 heterocycles. The average Bonchev–Trinajstić information content (AvgIpc) is 3.25. The van der Waals surface area contributed by atoms with Crippen molar-refractivity contribution in [1.29, 1.82) is 0 Å². The van der Waals surface area contributed by atoms with Crippen molar-refractivity contribution in [1.82, 2.24) is 29.7 Å². The minimum Gasteiger partial charge on any atom is -0.464 e. The fourth-order valence-electron chi connectivity index (χ4n) is 3.77. The Morgan fingerprint density at radius 1 is 1.13 bits per heavy atom. The van der Waals surface area contributed by atoms with E-state index in [9.17, 15) is 14.2 Å². The third-order valence-corrected chi connectivity index (χ3v) is 7.97. The van der Waals surface area contributed by atoms with Gasteiger partial charge >= 0.3 is 11.9 Å². The number of ether oxygens (including phenoxy) is 3. The number of nitrogens with zero attached hydrogens (tertiary/aromatic N) is 4. The number of carbonyl (C=O) groups excluding carboxylic acids is 2. The number of hydrogen-bond acceptors (Lipinski definition) is 10. The summed E-state index contributed by atoms with van der Waals surface area (Å²) in [4.78, 5) is 37.7. The lowest BCUT2D eigenvalue weighted by Crippen LogP contribution is -2.50. The molecule has 0 fully saturated rings. The molecule has 13 nitrogen and oxygen atoms in total. The summed E-state index contributed by atoms with van der Waals surface area (Å²) >= 11 is 0. The quantitative estimate of drug-likeness (QED) is 0.144. The number of nitrogens with one attached hydrogen (secondary N) is 2. The molecule has 0 saturated heterocycles. The van der Waals surface area contributed by atoms with Crippen molar-refractivity contribution in [3.8, 4) is 0 Å². The Balaban J connectivity index is 2.12. The number of rotatable bonds is 17. The number of aromatic nitrogens is 4. The van der Waals surface area contributed by atoms with E-state index in [0.29, 0.717) is 17.7 Å². The van der Waals surface area contributed by atoms with Crippen LogP contribution in [0.4, 0.5) is 5.82 Å². The van der Waals surface area contributed by atoms with Crippen molar-refractivity contribution in [2.45, 2.75) is 104 Å². The van der Waals surface area contributed by atoms with Gasteiger partial charge in [-0.3, -0.25) is 14.2 Å². The zero-order chi connectivity index (χ0) is 29.2. The zero-order valence-electron chi connectivity index (χ0n) is 24.1. The number of anilines is 1. The van der Waals surface area contributed by atoms with Crippen LogP contribution in [0.15, 0.2) is 12.7 Å². The third kappa shape index (κ3) is 10.1. The lowest BCUT2D eigenvalue weighted by Gasteiger charge is -2.32. The van der Waals surface area contributed by atoms with Crippen molar-refractivity contribution in [3.05, 3.63) is 12.7 Å².